The molecule has 0 aliphatic rings. The molecule has 0 radical (unpaired) electrons. The van der Waals surface area contributed by atoms with Crippen LogP contribution in [-0.4, -0.2) is 16.0 Å². The van der Waals surface area contributed by atoms with E-state index in [4.69, 9.17) is 0 Å². The van der Waals surface area contributed by atoms with E-state index in [-0.39, 0.29) is 37.4 Å². The minimum Gasteiger partial charge on any atom is -0.505 e. The Hall–Kier alpha value is -3.02. The molecule has 2 aromatic carbocycles. The van der Waals surface area contributed by atoms with E-state index in [0.717, 1.165) is 12.1 Å². The summed E-state index contributed by atoms with van der Waals surface area (Å²) in [4.78, 5) is 16.2. The number of fused-ring (bicyclic) bond motifs is 1. The molecule has 0 unspecified atom stereocenters. The van der Waals surface area contributed by atoms with Gasteiger partial charge in [0.25, 0.3) is 5.91 Å². The highest BCUT2D eigenvalue weighted by molar-refractivity contribution is 6.09. The van der Waals surface area contributed by atoms with Gasteiger partial charge in [0, 0.05) is 23.3 Å². The number of phenolic OH excluding ortho intramolecular Hbond substituents is 1. The Morgan fingerprint density at radius 1 is 1.04 bits per heavy atom. The smallest absolute Gasteiger partial charge is 0.259 e. The molecule has 1 aromatic heterocycles. The van der Waals surface area contributed by atoms with E-state index in [9.17, 15) is 18.7 Å². The number of nitrogens with zero attached hydrogens (tertiary/aromatic N) is 1. The molecule has 6 heteroatoms. The Kier molecular flexibility index (Phi) is 5.95. The van der Waals surface area contributed by atoms with Gasteiger partial charge in [-0.05, 0) is 24.3 Å². The third kappa shape index (κ3) is 3.65. The second-order valence-electron chi connectivity index (χ2n) is 4.65. The molecule has 0 fully saturated rings. The number of aromatic hydroxyl groups is 1. The third-order valence-electron chi connectivity index (χ3n) is 3.11. The van der Waals surface area contributed by atoms with E-state index in [0.29, 0.717) is 11.5 Å². The summed E-state index contributed by atoms with van der Waals surface area (Å²) in [5.74, 6) is -2.58. The molecule has 1 heterocycles. The van der Waals surface area contributed by atoms with Crippen molar-refractivity contribution in [2.24, 2.45) is 0 Å². The van der Waals surface area contributed by atoms with E-state index in [1.807, 2.05) is 0 Å². The van der Waals surface area contributed by atoms with E-state index in [1.54, 1.807) is 18.2 Å². The number of anilines is 1. The van der Waals surface area contributed by atoms with Crippen molar-refractivity contribution in [2.45, 2.75) is 14.9 Å². The van der Waals surface area contributed by atoms with Crippen molar-refractivity contribution in [3.05, 3.63) is 65.9 Å². The van der Waals surface area contributed by atoms with Gasteiger partial charge in [-0.3, -0.25) is 9.78 Å². The van der Waals surface area contributed by atoms with Crippen LogP contribution < -0.4 is 5.32 Å². The predicted octanol–water partition coefficient (Wildman–Crippen LogP) is 4.74. The van der Waals surface area contributed by atoms with Crippen molar-refractivity contribution >= 4 is 22.5 Å². The lowest BCUT2D eigenvalue weighted by atomic mass is 10.1. The number of carbonyl (C=O) groups is 1. The maximum absolute atomic E-state index is 13.1. The fourth-order valence-electron chi connectivity index (χ4n) is 2.14. The number of hydrogen-bond acceptors (Lipinski definition) is 3. The molecule has 1 amide bonds. The highest BCUT2D eigenvalue weighted by Gasteiger charge is 2.15. The molecular weight excluding hydrogens is 314 g/mol. The predicted molar refractivity (Wildman–Crippen MR) is 91.2 cm³/mol. The minimum absolute atomic E-state index is 0. The first-order valence-electron chi connectivity index (χ1n) is 6.39. The second-order valence-corrected chi connectivity index (χ2v) is 4.65. The van der Waals surface area contributed by atoms with Gasteiger partial charge in [-0.2, -0.15) is 0 Å². The number of pyridine rings is 1. The number of nitrogens with one attached hydrogen (secondary N) is 1. The third-order valence-corrected chi connectivity index (χ3v) is 3.11. The summed E-state index contributed by atoms with van der Waals surface area (Å²) in [6.45, 7) is 0. The highest BCUT2D eigenvalue weighted by Crippen LogP contribution is 2.27. The lowest BCUT2D eigenvalue weighted by Gasteiger charge is -2.09. The zero-order valence-corrected chi connectivity index (χ0v) is 11.2. The lowest BCUT2D eigenvalue weighted by molar-refractivity contribution is 0.102. The molecule has 3 aromatic rings. The van der Waals surface area contributed by atoms with Crippen molar-refractivity contribution in [1.29, 1.82) is 0 Å². The minimum atomic E-state index is -0.806. The van der Waals surface area contributed by atoms with Crippen LogP contribution in [0.3, 0.4) is 0 Å². The van der Waals surface area contributed by atoms with Crippen LogP contribution in [0.15, 0.2) is 48.7 Å². The Morgan fingerprint density at radius 2 is 1.71 bits per heavy atom. The van der Waals surface area contributed by atoms with Crippen LogP contribution in [0.25, 0.3) is 10.9 Å². The van der Waals surface area contributed by atoms with Crippen LogP contribution in [0.5, 0.6) is 5.75 Å². The topological polar surface area (TPSA) is 62.2 Å². The summed E-state index contributed by atoms with van der Waals surface area (Å²) in [5.41, 5.74) is 0.208. The SMILES string of the molecule is C.C.O=C(Nc1cc(F)cc(F)c1)c1ccc2cccnc2c1O. The first kappa shape index (κ1) is 19.0. The maximum atomic E-state index is 13.1. The van der Waals surface area contributed by atoms with Crippen LogP contribution in [0, 0.1) is 11.6 Å². The van der Waals surface area contributed by atoms with Crippen molar-refractivity contribution in [1.82, 2.24) is 4.98 Å². The zero-order valence-electron chi connectivity index (χ0n) is 11.2. The van der Waals surface area contributed by atoms with Crippen LogP contribution in [-0.2, 0) is 0 Å². The van der Waals surface area contributed by atoms with Gasteiger partial charge in [-0.25, -0.2) is 8.78 Å². The van der Waals surface area contributed by atoms with Gasteiger partial charge in [-0.1, -0.05) is 27.0 Å². The van der Waals surface area contributed by atoms with Gasteiger partial charge in [-0.15, -0.1) is 0 Å². The van der Waals surface area contributed by atoms with Gasteiger partial charge in [0.2, 0.25) is 0 Å². The number of carbonyl (C=O) groups excluding carboxylic acids is 1. The average Bonchev–Trinajstić information content (AvgIpc) is 2.46. The maximum Gasteiger partial charge on any atom is 0.259 e. The molecule has 126 valence electrons. The van der Waals surface area contributed by atoms with Crippen molar-refractivity contribution in [3.8, 4) is 5.75 Å². The molecule has 0 saturated carbocycles. The zero-order chi connectivity index (χ0) is 15.7. The number of benzene rings is 2. The number of phenols is 1. The van der Waals surface area contributed by atoms with Crippen LogP contribution in [0.1, 0.15) is 25.2 Å². The first-order valence-corrected chi connectivity index (χ1v) is 6.39. The quantitative estimate of drug-likeness (QED) is 0.712. The number of amides is 1. The van der Waals surface area contributed by atoms with Crippen molar-refractivity contribution in [2.75, 3.05) is 5.32 Å². The number of aromatic nitrogens is 1. The lowest BCUT2D eigenvalue weighted by Crippen LogP contribution is -2.12. The van der Waals surface area contributed by atoms with Crippen molar-refractivity contribution < 1.29 is 18.7 Å². The Bertz CT molecular complexity index is 862. The normalized spacial score (nSPS) is 9.75. The molecule has 4 nitrogen and oxygen atoms in total. The molecule has 0 atom stereocenters. The van der Waals surface area contributed by atoms with E-state index in [2.05, 4.69) is 10.3 Å². The first-order chi connectivity index (χ1) is 10.5. The van der Waals surface area contributed by atoms with Crippen LogP contribution in [0.2, 0.25) is 0 Å². The van der Waals surface area contributed by atoms with E-state index in [1.165, 1.54) is 12.3 Å². The molecule has 0 saturated heterocycles. The Morgan fingerprint density at radius 3 is 2.38 bits per heavy atom. The molecular formula is C18H18F2N2O2. The summed E-state index contributed by atoms with van der Waals surface area (Å²) in [5, 5.41) is 13.1. The standard InChI is InChI=1S/C16H10F2N2O2.2CH4/c17-10-6-11(18)8-12(7-10)20-16(22)13-4-3-9-2-1-5-19-14(9)15(13)21;;/h1-8,21H,(H,20,22);2*1H4. The summed E-state index contributed by atoms with van der Waals surface area (Å²) in [6, 6.07) is 9.16. The fraction of sp³-hybridized carbons (Fsp3) is 0.111. The Labute approximate surface area is 138 Å². The summed E-state index contributed by atoms with van der Waals surface area (Å²) in [7, 11) is 0. The molecule has 0 spiro atoms. The van der Waals surface area contributed by atoms with Gasteiger partial charge in [0.15, 0.2) is 5.75 Å². The van der Waals surface area contributed by atoms with Gasteiger partial charge in [0.1, 0.15) is 17.2 Å². The number of rotatable bonds is 2. The van der Waals surface area contributed by atoms with Gasteiger partial charge in [0.05, 0.1) is 5.56 Å². The fourth-order valence-corrected chi connectivity index (χ4v) is 2.14. The molecule has 0 aliphatic heterocycles. The van der Waals surface area contributed by atoms with Crippen LogP contribution in [0.4, 0.5) is 14.5 Å². The molecule has 2 N–H and O–H groups in total. The molecule has 24 heavy (non-hydrogen) atoms. The Balaban J connectivity index is 0.00000144. The van der Waals surface area contributed by atoms with Crippen molar-refractivity contribution in [3.63, 3.8) is 0 Å². The molecule has 0 aliphatic carbocycles. The largest absolute Gasteiger partial charge is 0.505 e. The average molecular weight is 332 g/mol. The highest BCUT2D eigenvalue weighted by atomic mass is 19.1. The van der Waals surface area contributed by atoms with Gasteiger partial charge < -0.3 is 10.4 Å². The second kappa shape index (κ2) is 7.50. The van der Waals surface area contributed by atoms with Crippen LogP contribution >= 0.6 is 0 Å². The molecule has 0 bridgehead atoms. The van der Waals surface area contributed by atoms with E-state index >= 15 is 0 Å². The number of hydrogen-bond donors (Lipinski definition) is 2. The molecule has 3 rings (SSSR count). The summed E-state index contributed by atoms with van der Waals surface area (Å²) in [6.07, 6.45) is 1.49. The van der Waals surface area contributed by atoms with E-state index < -0.39 is 17.5 Å². The summed E-state index contributed by atoms with van der Waals surface area (Å²) < 4.78 is 26.2. The van der Waals surface area contributed by atoms with Gasteiger partial charge >= 0.3 is 0 Å². The monoisotopic (exact) mass is 332 g/mol. The summed E-state index contributed by atoms with van der Waals surface area (Å²) >= 11 is 0. The number of halogens is 2.